The molecular formula is C26H22N2O6. The topological polar surface area (TPSA) is 102 Å². The van der Waals surface area contributed by atoms with E-state index in [1.165, 1.54) is 30.3 Å². The van der Waals surface area contributed by atoms with Gasteiger partial charge >= 0.3 is 12.0 Å². The quantitative estimate of drug-likeness (QED) is 0.339. The molecule has 0 saturated carbocycles. The normalized spacial score (nSPS) is 14.9. The molecular weight excluding hydrogens is 436 g/mol. The summed E-state index contributed by atoms with van der Waals surface area (Å²) >= 11 is 0. The Bertz CT molecular complexity index is 1330. The number of carbonyl (C=O) groups excluding carboxylic acids is 4. The zero-order valence-corrected chi connectivity index (χ0v) is 18.7. The molecule has 0 unspecified atom stereocenters. The van der Waals surface area contributed by atoms with E-state index < -0.39 is 23.8 Å². The number of anilines is 1. The summed E-state index contributed by atoms with van der Waals surface area (Å²) in [6, 6.07) is 16.1. The third kappa shape index (κ3) is 4.25. The molecule has 0 aliphatic carbocycles. The van der Waals surface area contributed by atoms with E-state index in [-0.39, 0.29) is 23.4 Å². The standard InChI is InChI=1S/C26H22N2O6/c1-3-33-22-14-11-16-7-5-6-8-19(16)20(22)15-21-23(29)27-26(32)28(24(21)30)18-12-9-17(10-13-18)25(31)34-4-2/h5-15H,3-4H2,1-2H3,(H,27,29,32)/b21-15+. The number of imide groups is 2. The monoisotopic (exact) mass is 458 g/mol. The number of carbonyl (C=O) groups is 4. The fourth-order valence-corrected chi connectivity index (χ4v) is 3.70. The van der Waals surface area contributed by atoms with E-state index >= 15 is 0 Å². The van der Waals surface area contributed by atoms with Crippen LogP contribution in [0.5, 0.6) is 5.75 Å². The fraction of sp³-hybridized carbons (Fsp3) is 0.154. The molecule has 172 valence electrons. The molecule has 4 amide bonds. The van der Waals surface area contributed by atoms with E-state index in [1.54, 1.807) is 13.0 Å². The van der Waals surface area contributed by atoms with E-state index in [1.807, 2.05) is 37.3 Å². The highest BCUT2D eigenvalue weighted by molar-refractivity contribution is 6.39. The average molecular weight is 458 g/mol. The van der Waals surface area contributed by atoms with Crippen molar-refractivity contribution in [3.05, 3.63) is 77.4 Å². The lowest BCUT2D eigenvalue weighted by Crippen LogP contribution is -2.54. The van der Waals surface area contributed by atoms with Crippen molar-refractivity contribution in [2.45, 2.75) is 13.8 Å². The Kier molecular flexibility index (Phi) is 6.40. The van der Waals surface area contributed by atoms with Crippen LogP contribution >= 0.6 is 0 Å². The molecule has 0 spiro atoms. The predicted molar refractivity (Wildman–Crippen MR) is 127 cm³/mol. The molecule has 34 heavy (non-hydrogen) atoms. The number of hydrogen-bond donors (Lipinski definition) is 1. The number of benzene rings is 3. The lowest BCUT2D eigenvalue weighted by Gasteiger charge is -2.26. The molecule has 0 atom stereocenters. The van der Waals surface area contributed by atoms with Gasteiger partial charge in [0.2, 0.25) is 0 Å². The van der Waals surface area contributed by atoms with Crippen molar-refractivity contribution in [1.82, 2.24) is 5.32 Å². The van der Waals surface area contributed by atoms with E-state index in [4.69, 9.17) is 9.47 Å². The number of barbiturate groups is 1. The first kappa shape index (κ1) is 22.7. The summed E-state index contributed by atoms with van der Waals surface area (Å²) in [6.07, 6.45) is 1.44. The number of urea groups is 1. The Morgan fingerprint density at radius 1 is 0.941 bits per heavy atom. The number of amides is 4. The lowest BCUT2D eigenvalue weighted by atomic mass is 9.99. The van der Waals surface area contributed by atoms with Crippen LogP contribution in [-0.4, -0.2) is 37.0 Å². The van der Waals surface area contributed by atoms with Crippen LogP contribution in [0.1, 0.15) is 29.8 Å². The maximum absolute atomic E-state index is 13.3. The molecule has 1 heterocycles. The van der Waals surface area contributed by atoms with Gasteiger partial charge in [-0.25, -0.2) is 14.5 Å². The Morgan fingerprint density at radius 3 is 2.38 bits per heavy atom. The second kappa shape index (κ2) is 9.58. The lowest BCUT2D eigenvalue weighted by molar-refractivity contribution is -0.122. The predicted octanol–water partition coefficient (Wildman–Crippen LogP) is 4.08. The van der Waals surface area contributed by atoms with Gasteiger partial charge in [0.25, 0.3) is 11.8 Å². The van der Waals surface area contributed by atoms with Gasteiger partial charge < -0.3 is 9.47 Å². The highest BCUT2D eigenvalue weighted by atomic mass is 16.5. The highest BCUT2D eigenvalue weighted by Gasteiger charge is 2.37. The van der Waals surface area contributed by atoms with Crippen LogP contribution in [0.4, 0.5) is 10.5 Å². The Morgan fingerprint density at radius 2 is 1.68 bits per heavy atom. The van der Waals surface area contributed by atoms with Gasteiger partial charge in [-0.05, 0) is 61.0 Å². The number of nitrogens with one attached hydrogen (secondary N) is 1. The molecule has 0 aromatic heterocycles. The van der Waals surface area contributed by atoms with E-state index in [2.05, 4.69) is 5.32 Å². The van der Waals surface area contributed by atoms with Crippen LogP contribution in [0.2, 0.25) is 0 Å². The molecule has 1 aliphatic heterocycles. The van der Waals surface area contributed by atoms with Gasteiger partial charge in [0, 0.05) is 5.56 Å². The summed E-state index contributed by atoms with van der Waals surface area (Å²) in [5.74, 6) is -1.59. The Balaban J connectivity index is 1.76. The second-order valence-electron chi connectivity index (χ2n) is 7.36. The number of fused-ring (bicyclic) bond motifs is 1. The number of rotatable bonds is 6. The van der Waals surface area contributed by atoms with Crippen LogP contribution < -0.4 is 15.0 Å². The smallest absolute Gasteiger partial charge is 0.338 e. The van der Waals surface area contributed by atoms with Gasteiger partial charge in [-0.3, -0.25) is 14.9 Å². The minimum atomic E-state index is -0.876. The number of esters is 1. The third-order valence-corrected chi connectivity index (χ3v) is 5.26. The maximum Gasteiger partial charge on any atom is 0.338 e. The summed E-state index contributed by atoms with van der Waals surface area (Å²) in [7, 11) is 0. The summed E-state index contributed by atoms with van der Waals surface area (Å²) < 4.78 is 10.7. The molecule has 0 radical (unpaired) electrons. The van der Waals surface area contributed by atoms with Crippen molar-refractivity contribution in [1.29, 1.82) is 0 Å². The van der Waals surface area contributed by atoms with Crippen molar-refractivity contribution in [2.75, 3.05) is 18.1 Å². The number of ether oxygens (including phenoxy) is 2. The fourth-order valence-electron chi connectivity index (χ4n) is 3.70. The Hall–Kier alpha value is -4.46. The summed E-state index contributed by atoms with van der Waals surface area (Å²) in [4.78, 5) is 51.3. The summed E-state index contributed by atoms with van der Waals surface area (Å²) in [5, 5.41) is 3.91. The molecule has 1 fully saturated rings. The van der Waals surface area contributed by atoms with Crippen molar-refractivity contribution >= 4 is 46.4 Å². The first-order valence-electron chi connectivity index (χ1n) is 10.8. The molecule has 4 rings (SSSR count). The molecule has 8 heteroatoms. The van der Waals surface area contributed by atoms with Gasteiger partial charge in [0.15, 0.2) is 0 Å². The van der Waals surface area contributed by atoms with Crippen molar-refractivity contribution < 1.29 is 28.7 Å². The SMILES string of the molecule is CCOC(=O)c1ccc(N2C(=O)NC(=O)/C(=C\c3c(OCC)ccc4ccccc34)C2=O)cc1. The van der Waals surface area contributed by atoms with Crippen LogP contribution in [0.15, 0.2) is 66.2 Å². The van der Waals surface area contributed by atoms with E-state index in [0.29, 0.717) is 17.9 Å². The molecule has 3 aromatic rings. The first-order chi connectivity index (χ1) is 16.4. The van der Waals surface area contributed by atoms with Crippen molar-refractivity contribution in [3.8, 4) is 5.75 Å². The Labute approximate surface area is 195 Å². The van der Waals surface area contributed by atoms with E-state index in [9.17, 15) is 19.2 Å². The number of nitrogens with zero attached hydrogens (tertiary/aromatic N) is 1. The average Bonchev–Trinajstić information content (AvgIpc) is 2.83. The highest BCUT2D eigenvalue weighted by Crippen LogP contribution is 2.32. The maximum atomic E-state index is 13.3. The summed E-state index contributed by atoms with van der Waals surface area (Å²) in [6.45, 7) is 4.15. The third-order valence-electron chi connectivity index (χ3n) is 5.26. The summed E-state index contributed by atoms with van der Waals surface area (Å²) in [5.41, 5.74) is 0.827. The van der Waals surface area contributed by atoms with Crippen LogP contribution in [0, 0.1) is 0 Å². The van der Waals surface area contributed by atoms with Crippen LogP contribution in [-0.2, 0) is 14.3 Å². The molecule has 1 saturated heterocycles. The van der Waals surface area contributed by atoms with Crippen LogP contribution in [0.25, 0.3) is 16.8 Å². The first-order valence-corrected chi connectivity index (χ1v) is 10.8. The molecule has 1 N–H and O–H groups in total. The van der Waals surface area contributed by atoms with Gasteiger partial charge in [0.1, 0.15) is 11.3 Å². The van der Waals surface area contributed by atoms with E-state index in [0.717, 1.165) is 15.7 Å². The molecule has 8 nitrogen and oxygen atoms in total. The van der Waals surface area contributed by atoms with Crippen LogP contribution in [0.3, 0.4) is 0 Å². The molecule has 3 aromatic carbocycles. The largest absolute Gasteiger partial charge is 0.493 e. The molecule has 0 bridgehead atoms. The van der Waals surface area contributed by atoms with Crippen molar-refractivity contribution in [3.63, 3.8) is 0 Å². The zero-order valence-electron chi connectivity index (χ0n) is 18.7. The minimum Gasteiger partial charge on any atom is -0.493 e. The minimum absolute atomic E-state index is 0.205. The van der Waals surface area contributed by atoms with Crippen molar-refractivity contribution in [2.24, 2.45) is 0 Å². The van der Waals surface area contributed by atoms with Gasteiger partial charge in [-0.2, -0.15) is 0 Å². The number of hydrogen-bond acceptors (Lipinski definition) is 6. The zero-order chi connectivity index (χ0) is 24.2. The molecule has 1 aliphatic rings. The van der Waals surface area contributed by atoms with Gasteiger partial charge in [0.05, 0.1) is 24.5 Å². The van der Waals surface area contributed by atoms with Gasteiger partial charge in [-0.15, -0.1) is 0 Å². The second-order valence-corrected chi connectivity index (χ2v) is 7.36. The van der Waals surface area contributed by atoms with Gasteiger partial charge in [-0.1, -0.05) is 30.3 Å².